The summed E-state index contributed by atoms with van der Waals surface area (Å²) in [5.41, 5.74) is 2.21. The minimum Gasteiger partial charge on any atom is -0.356 e. The average molecular weight is 238 g/mol. The normalized spacial score (nSPS) is 10.5. The lowest BCUT2D eigenvalue weighted by Crippen LogP contribution is -2.28. The van der Waals surface area contributed by atoms with Crippen LogP contribution in [0.4, 0.5) is 0 Å². The highest BCUT2D eigenvalue weighted by Gasteiger charge is 2.01. The average Bonchev–Trinajstić information content (AvgIpc) is 2.60. The first-order chi connectivity index (χ1) is 8.13. The Bertz CT molecular complexity index is 359. The van der Waals surface area contributed by atoms with Gasteiger partial charge in [-0.15, -0.1) is 0 Å². The Morgan fingerprint density at radius 1 is 1.41 bits per heavy atom. The third kappa shape index (κ3) is 4.99. The highest BCUT2D eigenvalue weighted by atomic mass is 16.1. The predicted octanol–water partition coefficient (Wildman–Crippen LogP) is 0.616. The van der Waals surface area contributed by atoms with Crippen molar-refractivity contribution in [1.29, 1.82) is 0 Å². The molecule has 0 saturated carbocycles. The Morgan fingerprint density at radius 2 is 2.18 bits per heavy atom. The van der Waals surface area contributed by atoms with Crippen LogP contribution < -0.4 is 10.6 Å². The maximum atomic E-state index is 11.3. The molecular formula is C12H22N4O. The van der Waals surface area contributed by atoms with E-state index in [1.165, 1.54) is 5.69 Å². The van der Waals surface area contributed by atoms with Gasteiger partial charge in [-0.1, -0.05) is 0 Å². The van der Waals surface area contributed by atoms with E-state index < -0.39 is 0 Å². The van der Waals surface area contributed by atoms with Crippen LogP contribution in [0.2, 0.25) is 0 Å². The van der Waals surface area contributed by atoms with Crippen molar-refractivity contribution >= 4 is 5.91 Å². The summed E-state index contributed by atoms with van der Waals surface area (Å²) in [6.07, 6.45) is 1.45. The number of aryl methyl sites for hydroxylation is 3. The van der Waals surface area contributed by atoms with Crippen LogP contribution >= 0.6 is 0 Å². The molecular weight excluding hydrogens is 216 g/mol. The van der Waals surface area contributed by atoms with Crippen molar-refractivity contribution in [1.82, 2.24) is 20.4 Å². The second kappa shape index (κ2) is 7.06. The van der Waals surface area contributed by atoms with Crippen LogP contribution in [0, 0.1) is 13.8 Å². The molecule has 5 heteroatoms. The molecule has 2 N–H and O–H groups in total. The quantitative estimate of drug-likeness (QED) is 0.684. The first-order valence-corrected chi connectivity index (χ1v) is 6.06. The molecule has 0 aliphatic carbocycles. The van der Waals surface area contributed by atoms with Gasteiger partial charge in [-0.3, -0.25) is 9.48 Å². The molecule has 0 aliphatic heterocycles. The first-order valence-electron chi connectivity index (χ1n) is 6.06. The summed E-state index contributed by atoms with van der Waals surface area (Å²) >= 11 is 0. The smallest absolute Gasteiger partial charge is 0.221 e. The minimum atomic E-state index is 0.104. The maximum Gasteiger partial charge on any atom is 0.221 e. The summed E-state index contributed by atoms with van der Waals surface area (Å²) in [7, 11) is 1.84. The van der Waals surface area contributed by atoms with Gasteiger partial charge in [-0.05, 0) is 33.4 Å². The summed E-state index contributed by atoms with van der Waals surface area (Å²) in [6.45, 7) is 6.32. The Kier molecular flexibility index (Phi) is 5.69. The molecule has 17 heavy (non-hydrogen) atoms. The predicted molar refractivity (Wildman–Crippen MR) is 67.9 cm³/mol. The number of rotatable bonds is 7. The standard InChI is InChI=1S/C12H22N4O/c1-10-9-11(2)16(15-10)8-4-6-14-12(17)5-7-13-3/h9,13H,4-8H2,1-3H3,(H,14,17). The van der Waals surface area contributed by atoms with Gasteiger partial charge in [0.1, 0.15) is 0 Å². The monoisotopic (exact) mass is 238 g/mol. The van der Waals surface area contributed by atoms with E-state index in [2.05, 4.69) is 21.8 Å². The molecule has 0 unspecified atom stereocenters. The van der Waals surface area contributed by atoms with Crippen molar-refractivity contribution in [2.45, 2.75) is 33.2 Å². The lowest BCUT2D eigenvalue weighted by atomic mass is 10.3. The molecule has 0 atom stereocenters. The van der Waals surface area contributed by atoms with Crippen LogP contribution in [0.15, 0.2) is 6.07 Å². The molecule has 1 aromatic rings. The molecule has 1 aromatic heterocycles. The largest absolute Gasteiger partial charge is 0.356 e. The second-order valence-corrected chi connectivity index (χ2v) is 4.21. The van der Waals surface area contributed by atoms with Crippen LogP contribution in [-0.2, 0) is 11.3 Å². The van der Waals surface area contributed by atoms with Crippen molar-refractivity contribution in [3.63, 3.8) is 0 Å². The highest BCUT2D eigenvalue weighted by Crippen LogP contribution is 2.02. The van der Waals surface area contributed by atoms with Crippen molar-refractivity contribution in [2.24, 2.45) is 0 Å². The van der Waals surface area contributed by atoms with E-state index in [0.717, 1.165) is 25.2 Å². The zero-order valence-corrected chi connectivity index (χ0v) is 10.9. The fourth-order valence-corrected chi connectivity index (χ4v) is 1.68. The van der Waals surface area contributed by atoms with E-state index in [-0.39, 0.29) is 5.91 Å². The first kappa shape index (κ1) is 13.7. The van der Waals surface area contributed by atoms with Gasteiger partial charge in [-0.2, -0.15) is 5.10 Å². The molecule has 0 fully saturated rings. The maximum absolute atomic E-state index is 11.3. The number of aromatic nitrogens is 2. The molecule has 0 spiro atoms. The lowest BCUT2D eigenvalue weighted by molar-refractivity contribution is -0.120. The van der Waals surface area contributed by atoms with Gasteiger partial charge in [0.15, 0.2) is 0 Å². The molecule has 0 aliphatic rings. The zero-order chi connectivity index (χ0) is 12.7. The summed E-state index contributed by atoms with van der Waals surface area (Å²) in [4.78, 5) is 11.3. The number of hydrogen-bond donors (Lipinski definition) is 2. The van der Waals surface area contributed by atoms with Gasteiger partial charge in [0, 0.05) is 31.7 Å². The van der Waals surface area contributed by atoms with Gasteiger partial charge in [0.25, 0.3) is 0 Å². The molecule has 5 nitrogen and oxygen atoms in total. The van der Waals surface area contributed by atoms with Crippen molar-refractivity contribution in [2.75, 3.05) is 20.1 Å². The third-order valence-electron chi connectivity index (χ3n) is 2.57. The van der Waals surface area contributed by atoms with E-state index in [4.69, 9.17) is 0 Å². The second-order valence-electron chi connectivity index (χ2n) is 4.21. The number of nitrogens with zero attached hydrogens (tertiary/aromatic N) is 2. The molecule has 96 valence electrons. The summed E-state index contributed by atoms with van der Waals surface area (Å²) < 4.78 is 1.98. The number of hydrogen-bond acceptors (Lipinski definition) is 3. The summed E-state index contributed by atoms with van der Waals surface area (Å²) in [5.74, 6) is 0.104. The van der Waals surface area contributed by atoms with Crippen molar-refractivity contribution in [3.05, 3.63) is 17.5 Å². The van der Waals surface area contributed by atoms with Gasteiger partial charge in [0.2, 0.25) is 5.91 Å². The van der Waals surface area contributed by atoms with Crippen LogP contribution in [-0.4, -0.2) is 35.8 Å². The Hall–Kier alpha value is -1.36. The Morgan fingerprint density at radius 3 is 2.76 bits per heavy atom. The van der Waals surface area contributed by atoms with Gasteiger partial charge < -0.3 is 10.6 Å². The zero-order valence-electron chi connectivity index (χ0n) is 10.9. The molecule has 1 heterocycles. The molecule has 0 radical (unpaired) electrons. The number of carbonyl (C=O) groups is 1. The SMILES string of the molecule is CNCCC(=O)NCCCn1nc(C)cc1C. The van der Waals surface area contributed by atoms with Crippen LogP contribution in [0.25, 0.3) is 0 Å². The van der Waals surface area contributed by atoms with E-state index in [1.807, 2.05) is 25.6 Å². The number of nitrogens with one attached hydrogen (secondary N) is 2. The Balaban J connectivity index is 2.16. The van der Waals surface area contributed by atoms with Gasteiger partial charge >= 0.3 is 0 Å². The van der Waals surface area contributed by atoms with E-state index >= 15 is 0 Å². The Labute approximate surface area is 103 Å². The third-order valence-corrected chi connectivity index (χ3v) is 2.57. The van der Waals surface area contributed by atoms with E-state index in [0.29, 0.717) is 13.0 Å². The van der Waals surface area contributed by atoms with E-state index in [9.17, 15) is 4.79 Å². The number of amides is 1. The van der Waals surface area contributed by atoms with Gasteiger partial charge in [0.05, 0.1) is 5.69 Å². The number of carbonyl (C=O) groups excluding carboxylic acids is 1. The molecule has 0 bridgehead atoms. The molecule has 0 saturated heterocycles. The van der Waals surface area contributed by atoms with Crippen molar-refractivity contribution in [3.8, 4) is 0 Å². The fraction of sp³-hybridized carbons (Fsp3) is 0.667. The molecule has 1 rings (SSSR count). The van der Waals surface area contributed by atoms with E-state index in [1.54, 1.807) is 0 Å². The summed E-state index contributed by atoms with van der Waals surface area (Å²) in [6, 6.07) is 2.06. The van der Waals surface area contributed by atoms with Crippen LogP contribution in [0.3, 0.4) is 0 Å². The highest BCUT2D eigenvalue weighted by molar-refractivity contribution is 5.75. The fourth-order valence-electron chi connectivity index (χ4n) is 1.68. The minimum absolute atomic E-state index is 0.104. The topological polar surface area (TPSA) is 59.0 Å². The van der Waals surface area contributed by atoms with Gasteiger partial charge in [-0.25, -0.2) is 0 Å². The summed E-state index contributed by atoms with van der Waals surface area (Å²) in [5, 5.41) is 10.2. The van der Waals surface area contributed by atoms with Crippen LogP contribution in [0.1, 0.15) is 24.2 Å². The molecule has 0 aromatic carbocycles. The van der Waals surface area contributed by atoms with Crippen molar-refractivity contribution < 1.29 is 4.79 Å². The lowest BCUT2D eigenvalue weighted by Gasteiger charge is -2.06. The molecule has 1 amide bonds. The van der Waals surface area contributed by atoms with Crippen LogP contribution in [0.5, 0.6) is 0 Å².